The van der Waals surface area contributed by atoms with Crippen LogP contribution < -0.4 is 0 Å². The third-order valence-corrected chi connectivity index (χ3v) is 2.30. The van der Waals surface area contributed by atoms with Crippen molar-refractivity contribution in [3.8, 4) is 0 Å². The summed E-state index contributed by atoms with van der Waals surface area (Å²) in [7, 11) is 1.46. The molecule has 1 atom stereocenters. The molecule has 0 bridgehead atoms. The summed E-state index contributed by atoms with van der Waals surface area (Å²) < 4.78 is 4.71. The monoisotopic (exact) mass is 168 g/mol. The number of ether oxygens (including phenoxy) is 1. The Hall–Kier alpha value is -0.790. The molecule has 0 aromatic heterocycles. The molecular formula is C10H16O2. The first kappa shape index (κ1) is 9.30. The number of esters is 1. The Morgan fingerprint density at radius 3 is 3.00 bits per heavy atom. The van der Waals surface area contributed by atoms with Crippen LogP contribution >= 0.6 is 0 Å². The summed E-state index contributed by atoms with van der Waals surface area (Å²) in [5, 5.41) is 0. The zero-order valence-corrected chi connectivity index (χ0v) is 7.58. The molecule has 1 unspecified atom stereocenters. The molecule has 0 aromatic carbocycles. The van der Waals surface area contributed by atoms with Gasteiger partial charge >= 0.3 is 5.97 Å². The van der Waals surface area contributed by atoms with Crippen molar-refractivity contribution in [2.45, 2.75) is 32.1 Å². The number of carbonyl (C=O) groups is 1. The van der Waals surface area contributed by atoms with Gasteiger partial charge in [0.25, 0.3) is 0 Å². The largest absolute Gasteiger partial charge is 0.469 e. The summed E-state index contributed by atoms with van der Waals surface area (Å²) in [6.45, 7) is 0. The van der Waals surface area contributed by atoms with Crippen LogP contribution in [-0.2, 0) is 9.53 Å². The van der Waals surface area contributed by atoms with Crippen molar-refractivity contribution in [3.63, 3.8) is 0 Å². The number of methoxy groups -OCH3 is 1. The van der Waals surface area contributed by atoms with Gasteiger partial charge in [-0.25, -0.2) is 0 Å². The predicted molar refractivity (Wildman–Crippen MR) is 47.7 cm³/mol. The normalized spacial score (nSPS) is 26.9. The van der Waals surface area contributed by atoms with E-state index < -0.39 is 0 Å². The SMILES string of the molecule is COC(=O)C1C/C=C\CCCC1. The molecule has 0 saturated carbocycles. The standard InChI is InChI=1S/C10H16O2/c1-12-10(11)9-7-5-3-2-4-6-8-9/h3,5,9H,2,4,6-8H2,1H3/b5-3-. The van der Waals surface area contributed by atoms with Crippen molar-refractivity contribution in [2.24, 2.45) is 5.92 Å². The lowest BCUT2D eigenvalue weighted by atomic mass is 9.95. The highest BCUT2D eigenvalue weighted by molar-refractivity contribution is 5.72. The van der Waals surface area contributed by atoms with Crippen LogP contribution in [0.3, 0.4) is 0 Å². The minimum Gasteiger partial charge on any atom is -0.469 e. The van der Waals surface area contributed by atoms with Crippen LogP contribution in [0.5, 0.6) is 0 Å². The zero-order chi connectivity index (χ0) is 8.81. The summed E-state index contributed by atoms with van der Waals surface area (Å²) in [5.41, 5.74) is 0. The van der Waals surface area contributed by atoms with Gasteiger partial charge in [-0.2, -0.15) is 0 Å². The third-order valence-electron chi connectivity index (χ3n) is 2.30. The van der Waals surface area contributed by atoms with Gasteiger partial charge in [-0.1, -0.05) is 18.6 Å². The second kappa shape index (κ2) is 4.96. The van der Waals surface area contributed by atoms with E-state index in [-0.39, 0.29) is 11.9 Å². The second-order valence-corrected chi connectivity index (χ2v) is 3.21. The third kappa shape index (κ3) is 2.68. The molecule has 0 spiro atoms. The van der Waals surface area contributed by atoms with Crippen molar-refractivity contribution in [3.05, 3.63) is 12.2 Å². The van der Waals surface area contributed by atoms with Gasteiger partial charge in [0, 0.05) is 0 Å². The van der Waals surface area contributed by atoms with Crippen molar-refractivity contribution in [1.29, 1.82) is 0 Å². The Kier molecular flexibility index (Phi) is 3.85. The van der Waals surface area contributed by atoms with Crippen LogP contribution in [-0.4, -0.2) is 13.1 Å². The number of hydrogen-bond acceptors (Lipinski definition) is 2. The molecule has 0 fully saturated rings. The highest BCUT2D eigenvalue weighted by Gasteiger charge is 2.17. The summed E-state index contributed by atoms with van der Waals surface area (Å²) in [4.78, 5) is 11.2. The van der Waals surface area contributed by atoms with Crippen LogP contribution in [0, 0.1) is 5.92 Å². The Morgan fingerprint density at radius 2 is 2.25 bits per heavy atom. The van der Waals surface area contributed by atoms with E-state index in [1.54, 1.807) is 0 Å². The lowest BCUT2D eigenvalue weighted by Gasteiger charge is -2.13. The summed E-state index contributed by atoms with van der Waals surface area (Å²) >= 11 is 0. The molecular weight excluding hydrogens is 152 g/mol. The van der Waals surface area contributed by atoms with Crippen LogP contribution in [0.15, 0.2) is 12.2 Å². The molecule has 1 aliphatic carbocycles. The molecule has 12 heavy (non-hydrogen) atoms. The van der Waals surface area contributed by atoms with E-state index in [2.05, 4.69) is 12.2 Å². The first-order valence-electron chi connectivity index (χ1n) is 4.57. The number of allylic oxidation sites excluding steroid dienone is 2. The highest BCUT2D eigenvalue weighted by atomic mass is 16.5. The molecule has 68 valence electrons. The average Bonchev–Trinajstić information content (AvgIpc) is 2.02. The van der Waals surface area contributed by atoms with Gasteiger partial charge < -0.3 is 4.74 Å². The fourth-order valence-corrected chi connectivity index (χ4v) is 1.53. The summed E-state index contributed by atoms with van der Waals surface area (Å²) in [6.07, 6.45) is 9.60. The van der Waals surface area contributed by atoms with E-state index >= 15 is 0 Å². The lowest BCUT2D eigenvalue weighted by molar-refractivity contribution is -0.145. The number of carbonyl (C=O) groups excluding carboxylic acids is 1. The van der Waals surface area contributed by atoms with Crippen molar-refractivity contribution < 1.29 is 9.53 Å². The zero-order valence-electron chi connectivity index (χ0n) is 7.58. The average molecular weight is 168 g/mol. The molecule has 2 heteroatoms. The minimum atomic E-state index is -0.0541. The van der Waals surface area contributed by atoms with Crippen LogP contribution in [0.2, 0.25) is 0 Å². The fourth-order valence-electron chi connectivity index (χ4n) is 1.53. The Bertz CT molecular complexity index is 173. The Labute approximate surface area is 73.6 Å². The van der Waals surface area contributed by atoms with E-state index in [0.717, 1.165) is 25.7 Å². The van der Waals surface area contributed by atoms with Gasteiger partial charge in [-0.3, -0.25) is 4.79 Å². The summed E-state index contributed by atoms with van der Waals surface area (Å²) in [5.74, 6) is 0.0492. The molecule has 0 heterocycles. The molecule has 1 rings (SSSR count). The van der Waals surface area contributed by atoms with E-state index in [1.807, 2.05) is 0 Å². The van der Waals surface area contributed by atoms with Gasteiger partial charge in [0.1, 0.15) is 0 Å². The molecule has 0 radical (unpaired) electrons. The molecule has 2 nitrogen and oxygen atoms in total. The maximum Gasteiger partial charge on any atom is 0.308 e. The van der Waals surface area contributed by atoms with E-state index in [1.165, 1.54) is 13.5 Å². The van der Waals surface area contributed by atoms with Crippen LogP contribution in [0.4, 0.5) is 0 Å². The molecule has 0 amide bonds. The Morgan fingerprint density at radius 1 is 1.42 bits per heavy atom. The first-order valence-corrected chi connectivity index (χ1v) is 4.57. The number of hydrogen-bond donors (Lipinski definition) is 0. The summed E-state index contributed by atoms with van der Waals surface area (Å²) in [6, 6.07) is 0. The van der Waals surface area contributed by atoms with Crippen molar-refractivity contribution in [1.82, 2.24) is 0 Å². The van der Waals surface area contributed by atoms with Gasteiger partial charge in [0.2, 0.25) is 0 Å². The first-order chi connectivity index (χ1) is 5.84. The predicted octanol–water partition coefficient (Wildman–Crippen LogP) is 2.30. The van der Waals surface area contributed by atoms with E-state index in [4.69, 9.17) is 4.74 Å². The van der Waals surface area contributed by atoms with Crippen molar-refractivity contribution >= 4 is 5.97 Å². The molecule has 0 saturated heterocycles. The molecule has 1 aliphatic rings. The van der Waals surface area contributed by atoms with E-state index in [9.17, 15) is 4.79 Å². The van der Waals surface area contributed by atoms with Gasteiger partial charge in [-0.15, -0.1) is 0 Å². The quantitative estimate of drug-likeness (QED) is 0.443. The maximum absolute atomic E-state index is 11.2. The topological polar surface area (TPSA) is 26.3 Å². The lowest BCUT2D eigenvalue weighted by Crippen LogP contribution is -2.16. The molecule has 0 aromatic rings. The van der Waals surface area contributed by atoms with Crippen LogP contribution in [0.1, 0.15) is 32.1 Å². The molecule has 0 N–H and O–H groups in total. The van der Waals surface area contributed by atoms with Gasteiger partial charge in [-0.05, 0) is 25.7 Å². The van der Waals surface area contributed by atoms with Gasteiger partial charge in [0.05, 0.1) is 13.0 Å². The maximum atomic E-state index is 11.2. The van der Waals surface area contributed by atoms with Crippen molar-refractivity contribution in [2.75, 3.05) is 7.11 Å². The number of rotatable bonds is 1. The highest BCUT2D eigenvalue weighted by Crippen LogP contribution is 2.18. The van der Waals surface area contributed by atoms with Gasteiger partial charge in [0.15, 0.2) is 0 Å². The van der Waals surface area contributed by atoms with Crippen LogP contribution in [0.25, 0.3) is 0 Å². The second-order valence-electron chi connectivity index (χ2n) is 3.21. The van der Waals surface area contributed by atoms with E-state index in [0.29, 0.717) is 0 Å². The Balaban J connectivity index is 2.45. The molecule has 0 aliphatic heterocycles. The smallest absolute Gasteiger partial charge is 0.308 e. The minimum absolute atomic E-state index is 0.0541. The fraction of sp³-hybridized carbons (Fsp3) is 0.700.